The van der Waals surface area contributed by atoms with Crippen molar-refractivity contribution in [1.29, 1.82) is 0 Å². The lowest BCUT2D eigenvalue weighted by Gasteiger charge is -2.25. The summed E-state index contributed by atoms with van der Waals surface area (Å²) in [6, 6.07) is 11.8. The van der Waals surface area contributed by atoms with E-state index in [0.717, 1.165) is 4.90 Å². The molecule has 3 heterocycles. The van der Waals surface area contributed by atoms with Crippen molar-refractivity contribution in [3.05, 3.63) is 83.8 Å². The van der Waals surface area contributed by atoms with Gasteiger partial charge in [0.2, 0.25) is 0 Å². The van der Waals surface area contributed by atoms with Gasteiger partial charge in [0.1, 0.15) is 17.2 Å². The van der Waals surface area contributed by atoms with Gasteiger partial charge < -0.3 is 8.98 Å². The molecule has 1 aliphatic rings. The van der Waals surface area contributed by atoms with Crippen LogP contribution in [-0.4, -0.2) is 27.3 Å². The molecule has 28 heavy (non-hydrogen) atoms. The highest BCUT2D eigenvalue weighted by atomic mass is 19.1. The third-order valence-corrected chi connectivity index (χ3v) is 4.26. The van der Waals surface area contributed by atoms with Crippen LogP contribution in [0.25, 0.3) is 11.8 Å². The first-order valence-corrected chi connectivity index (χ1v) is 8.38. The molecule has 0 radical (unpaired) electrons. The van der Waals surface area contributed by atoms with E-state index < -0.39 is 23.7 Å². The number of barbiturate groups is 1. The van der Waals surface area contributed by atoms with Gasteiger partial charge in [-0.05, 0) is 42.5 Å². The molecule has 4 rings (SSSR count). The van der Waals surface area contributed by atoms with Gasteiger partial charge in [0.25, 0.3) is 11.8 Å². The van der Waals surface area contributed by atoms with Crippen molar-refractivity contribution in [1.82, 2.24) is 14.8 Å². The van der Waals surface area contributed by atoms with Crippen molar-refractivity contribution in [2.45, 2.75) is 6.54 Å². The van der Waals surface area contributed by atoms with Crippen LogP contribution in [0.5, 0.6) is 0 Å². The van der Waals surface area contributed by atoms with E-state index in [1.165, 1.54) is 23.0 Å². The number of hydrogen-bond donors (Lipinski definition) is 1. The van der Waals surface area contributed by atoms with Crippen molar-refractivity contribution < 1.29 is 23.2 Å². The molecular weight excluding hydrogens is 365 g/mol. The van der Waals surface area contributed by atoms with E-state index in [1.54, 1.807) is 48.7 Å². The molecule has 2 aromatic heterocycles. The molecule has 3 aromatic rings. The predicted molar refractivity (Wildman–Crippen MR) is 96.5 cm³/mol. The molecule has 0 spiro atoms. The Morgan fingerprint density at radius 3 is 2.61 bits per heavy atom. The molecule has 0 unspecified atom stereocenters. The monoisotopic (exact) mass is 379 g/mol. The Bertz CT molecular complexity index is 1100. The van der Waals surface area contributed by atoms with E-state index in [2.05, 4.69) is 5.32 Å². The molecule has 8 heteroatoms. The van der Waals surface area contributed by atoms with Gasteiger partial charge in [-0.3, -0.25) is 19.8 Å². The molecule has 1 saturated heterocycles. The second kappa shape index (κ2) is 6.99. The smallest absolute Gasteiger partial charge is 0.331 e. The van der Waals surface area contributed by atoms with Crippen LogP contribution in [0.2, 0.25) is 0 Å². The highest BCUT2D eigenvalue weighted by Gasteiger charge is 2.36. The number of furan rings is 1. The largest absolute Gasteiger partial charge is 0.467 e. The van der Waals surface area contributed by atoms with Gasteiger partial charge in [0.15, 0.2) is 0 Å². The van der Waals surface area contributed by atoms with Gasteiger partial charge >= 0.3 is 6.03 Å². The Labute approximate surface area is 158 Å². The van der Waals surface area contributed by atoms with Gasteiger partial charge in [-0.25, -0.2) is 9.18 Å². The molecule has 0 saturated carbocycles. The van der Waals surface area contributed by atoms with E-state index in [4.69, 9.17) is 4.42 Å². The molecule has 1 N–H and O–H groups in total. The van der Waals surface area contributed by atoms with E-state index in [1.807, 2.05) is 0 Å². The number of rotatable bonds is 4. The maximum atomic E-state index is 14.1. The van der Waals surface area contributed by atoms with Crippen molar-refractivity contribution >= 4 is 23.9 Å². The van der Waals surface area contributed by atoms with E-state index in [-0.39, 0.29) is 17.8 Å². The number of imide groups is 2. The number of aromatic nitrogens is 1. The number of nitrogens with one attached hydrogen (secondary N) is 1. The third kappa shape index (κ3) is 3.11. The molecule has 0 atom stereocenters. The Kier molecular flexibility index (Phi) is 4.36. The average Bonchev–Trinajstić information content (AvgIpc) is 3.34. The topological polar surface area (TPSA) is 84.6 Å². The summed E-state index contributed by atoms with van der Waals surface area (Å²) in [4.78, 5) is 38.0. The lowest BCUT2D eigenvalue weighted by molar-refractivity contribution is -0.130. The minimum Gasteiger partial charge on any atom is -0.467 e. The number of nitrogens with zero attached hydrogens (tertiary/aromatic N) is 2. The number of carbonyl (C=O) groups is 3. The number of hydrogen-bond acceptors (Lipinski definition) is 4. The van der Waals surface area contributed by atoms with Crippen molar-refractivity contribution in [3.8, 4) is 5.69 Å². The third-order valence-electron chi connectivity index (χ3n) is 4.26. The van der Waals surface area contributed by atoms with Crippen LogP contribution >= 0.6 is 0 Å². The standard InChI is InChI=1S/C20H14FN3O4/c21-16-7-1-2-8-17(16)23-9-3-5-13(23)11-15-18(25)22-20(27)24(19(15)26)12-14-6-4-10-28-14/h1-11H,12H2,(H,22,25,27). The van der Waals surface area contributed by atoms with Gasteiger partial charge in [-0.15, -0.1) is 0 Å². The Hall–Kier alpha value is -3.94. The van der Waals surface area contributed by atoms with Crippen LogP contribution in [0.1, 0.15) is 11.5 Å². The maximum absolute atomic E-state index is 14.1. The van der Waals surface area contributed by atoms with Gasteiger partial charge in [-0.1, -0.05) is 12.1 Å². The van der Waals surface area contributed by atoms with Crippen LogP contribution in [0.15, 0.2) is 71.0 Å². The quantitative estimate of drug-likeness (QED) is 0.558. The number of halogens is 1. The predicted octanol–water partition coefficient (Wildman–Crippen LogP) is 2.87. The van der Waals surface area contributed by atoms with Gasteiger partial charge in [-0.2, -0.15) is 0 Å². The zero-order valence-electron chi connectivity index (χ0n) is 14.5. The molecule has 4 amide bonds. The molecule has 0 bridgehead atoms. The fraction of sp³-hybridized carbons (Fsp3) is 0.0500. The summed E-state index contributed by atoms with van der Waals surface area (Å²) in [5.74, 6) is -1.63. The average molecular weight is 379 g/mol. The number of urea groups is 1. The Morgan fingerprint density at radius 1 is 1.04 bits per heavy atom. The first-order chi connectivity index (χ1) is 13.5. The molecule has 1 aromatic carbocycles. The summed E-state index contributed by atoms with van der Waals surface area (Å²) in [7, 11) is 0. The van der Waals surface area contributed by atoms with E-state index >= 15 is 0 Å². The van der Waals surface area contributed by atoms with Crippen molar-refractivity contribution in [3.63, 3.8) is 0 Å². The van der Waals surface area contributed by atoms with Gasteiger partial charge in [0, 0.05) is 11.9 Å². The summed E-state index contributed by atoms with van der Waals surface area (Å²) < 4.78 is 20.8. The molecule has 1 fully saturated rings. The summed E-state index contributed by atoms with van der Waals surface area (Å²) in [6.07, 6.45) is 4.36. The second-order valence-corrected chi connectivity index (χ2v) is 6.04. The molecule has 0 aliphatic carbocycles. The molecule has 7 nitrogen and oxygen atoms in total. The number of para-hydroxylation sites is 1. The van der Waals surface area contributed by atoms with Crippen LogP contribution in [0.4, 0.5) is 9.18 Å². The fourth-order valence-electron chi connectivity index (χ4n) is 2.92. The van der Waals surface area contributed by atoms with Crippen LogP contribution in [-0.2, 0) is 16.1 Å². The molecule has 140 valence electrons. The summed E-state index contributed by atoms with van der Waals surface area (Å²) in [5, 5.41) is 2.14. The van der Waals surface area contributed by atoms with Crippen LogP contribution in [0.3, 0.4) is 0 Å². The van der Waals surface area contributed by atoms with Crippen LogP contribution < -0.4 is 5.32 Å². The first kappa shape index (κ1) is 17.5. The van der Waals surface area contributed by atoms with Gasteiger partial charge in [0.05, 0.1) is 18.5 Å². The highest BCUT2D eigenvalue weighted by molar-refractivity contribution is 6.30. The van der Waals surface area contributed by atoms with E-state index in [9.17, 15) is 18.8 Å². The minimum absolute atomic E-state index is 0.114. The van der Waals surface area contributed by atoms with Crippen molar-refractivity contribution in [2.24, 2.45) is 0 Å². The van der Waals surface area contributed by atoms with E-state index in [0.29, 0.717) is 11.5 Å². The lowest BCUT2D eigenvalue weighted by Crippen LogP contribution is -2.53. The van der Waals surface area contributed by atoms with Crippen molar-refractivity contribution in [2.75, 3.05) is 0 Å². The number of amides is 4. The Morgan fingerprint density at radius 2 is 1.86 bits per heavy atom. The minimum atomic E-state index is -0.826. The normalized spacial score (nSPS) is 16.0. The fourth-order valence-corrected chi connectivity index (χ4v) is 2.92. The molecule has 1 aliphatic heterocycles. The zero-order valence-corrected chi connectivity index (χ0v) is 14.5. The maximum Gasteiger partial charge on any atom is 0.331 e. The van der Waals surface area contributed by atoms with Crippen LogP contribution in [0, 0.1) is 5.82 Å². The highest BCUT2D eigenvalue weighted by Crippen LogP contribution is 2.21. The summed E-state index contributed by atoms with van der Waals surface area (Å²) in [6.45, 7) is -0.114. The summed E-state index contributed by atoms with van der Waals surface area (Å²) >= 11 is 0. The second-order valence-electron chi connectivity index (χ2n) is 6.04. The first-order valence-electron chi connectivity index (χ1n) is 8.38. The zero-order chi connectivity index (χ0) is 19.7. The lowest BCUT2D eigenvalue weighted by atomic mass is 10.1. The summed E-state index contributed by atoms with van der Waals surface area (Å²) in [5.41, 5.74) is 0.449. The number of benzene rings is 1. The molecular formula is C20H14FN3O4. The SMILES string of the molecule is O=C1NC(=O)N(Cc2ccco2)C(=O)C1=Cc1cccn1-c1ccccc1F. The Balaban J connectivity index is 1.70. The number of carbonyl (C=O) groups excluding carboxylic acids is 3.